The summed E-state index contributed by atoms with van der Waals surface area (Å²) in [5.41, 5.74) is 2.66. The van der Waals surface area contributed by atoms with Crippen LogP contribution in [0, 0.1) is 5.41 Å². The van der Waals surface area contributed by atoms with E-state index in [-0.39, 0.29) is 12.5 Å². The van der Waals surface area contributed by atoms with E-state index in [0.29, 0.717) is 18.5 Å². The first-order valence-corrected chi connectivity index (χ1v) is 17.2. The fourth-order valence-electron chi connectivity index (χ4n) is 7.76. The monoisotopic (exact) mass is 615 g/mol. The Balaban J connectivity index is 1.03. The molecule has 1 aromatic carbocycles. The Kier molecular flexibility index (Phi) is 10.1. The molecule has 0 radical (unpaired) electrons. The van der Waals surface area contributed by atoms with Crippen LogP contribution in [0.3, 0.4) is 0 Å². The van der Waals surface area contributed by atoms with Gasteiger partial charge in [0.05, 0.1) is 13.1 Å². The molecule has 9 heteroatoms. The zero-order chi connectivity index (χ0) is 31.3. The number of nitrogens with zero attached hydrogens (tertiary/aromatic N) is 6. The number of carbonyl (C=O) groups is 1. The molecule has 3 aliphatic rings. The third-order valence-electron chi connectivity index (χ3n) is 10.1. The third-order valence-corrected chi connectivity index (χ3v) is 10.1. The van der Waals surface area contributed by atoms with Crippen LogP contribution in [0.5, 0.6) is 0 Å². The molecule has 0 unspecified atom stereocenters. The van der Waals surface area contributed by atoms with E-state index in [1.165, 1.54) is 88.7 Å². The molecule has 0 amide bonds. The molecule has 1 saturated carbocycles. The minimum atomic E-state index is -0.516. The minimum Gasteiger partial charge on any atom is -0.459 e. The fourth-order valence-corrected chi connectivity index (χ4v) is 7.76. The summed E-state index contributed by atoms with van der Waals surface area (Å²) in [5.74, 6) is 1.48. The smallest absolute Gasteiger partial charge is 0.326 e. The van der Waals surface area contributed by atoms with Gasteiger partial charge in [-0.15, -0.1) is 0 Å². The Hall–Kier alpha value is -3.01. The summed E-state index contributed by atoms with van der Waals surface area (Å²) in [4.78, 5) is 32.6. The van der Waals surface area contributed by atoms with Crippen LogP contribution in [0.4, 0.5) is 0 Å². The summed E-state index contributed by atoms with van der Waals surface area (Å²) >= 11 is 0. The second-order valence-corrected chi connectivity index (χ2v) is 14.8. The molecule has 1 aliphatic carbocycles. The second-order valence-electron chi connectivity index (χ2n) is 14.8. The fraction of sp³-hybridized carbons (Fsp3) is 0.639. The van der Waals surface area contributed by atoms with Gasteiger partial charge in [-0.25, -0.2) is 9.97 Å². The Morgan fingerprint density at radius 3 is 2.40 bits per heavy atom. The van der Waals surface area contributed by atoms with Crippen LogP contribution in [0.15, 0.2) is 49.1 Å². The predicted molar refractivity (Wildman–Crippen MR) is 176 cm³/mol. The van der Waals surface area contributed by atoms with Gasteiger partial charge in [0.2, 0.25) is 0 Å². The average molecular weight is 616 g/mol. The molecule has 1 N–H and O–H groups in total. The maximum Gasteiger partial charge on any atom is 0.326 e. The summed E-state index contributed by atoms with van der Waals surface area (Å²) in [6.45, 7) is 13.9. The first-order valence-electron chi connectivity index (χ1n) is 17.2. The molecule has 3 fully saturated rings. The molecule has 4 heterocycles. The van der Waals surface area contributed by atoms with E-state index in [4.69, 9.17) is 4.74 Å². The number of esters is 1. The number of piperidine rings is 1. The van der Waals surface area contributed by atoms with Crippen LogP contribution in [-0.4, -0.2) is 78.0 Å². The normalized spacial score (nSPS) is 19.9. The van der Waals surface area contributed by atoms with Crippen molar-refractivity contribution in [2.45, 2.75) is 117 Å². The molecule has 2 aliphatic heterocycles. The lowest BCUT2D eigenvalue weighted by Crippen LogP contribution is -2.46. The summed E-state index contributed by atoms with van der Waals surface area (Å²) < 4.78 is 7.43. The molecule has 1 spiro atoms. The quantitative estimate of drug-likeness (QED) is 0.274. The number of rotatable bonds is 11. The molecule has 45 heavy (non-hydrogen) atoms. The van der Waals surface area contributed by atoms with Crippen LogP contribution < -0.4 is 0 Å². The molecule has 244 valence electrons. The number of hydrogen-bond donors (Lipinski definition) is 1. The van der Waals surface area contributed by atoms with Gasteiger partial charge in [-0.2, -0.15) is 0 Å². The van der Waals surface area contributed by atoms with E-state index in [2.05, 4.69) is 53.9 Å². The molecule has 6 rings (SSSR count). The van der Waals surface area contributed by atoms with Crippen LogP contribution in [-0.2, 0) is 42.3 Å². The lowest BCUT2D eigenvalue weighted by Gasteiger charge is -2.43. The van der Waals surface area contributed by atoms with E-state index < -0.39 is 5.60 Å². The number of likely N-dealkylation sites (tertiary alicyclic amines) is 2. The van der Waals surface area contributed by atoms with Crippen molar-refractivity contribution in [1.82, 2.24) is 34.2 Å². The number of imidazole rings is 2. The topological polar surface area (TPSA) is 82.5 Å². The number of aromatic nitrogens is 4. The number of benzene rings is 1. The zero-order valence-corrected chi connectivity index (χ0v) is 27.7. The van der Waals surface area contributed by atoms with Gasteiger partial charge in [-0.1, -0.05) is 43.5 Å². The molecule has 0 atom stereocenters. The van der Waals surface area contributed by atoms with Gasteiger partial charge in [0.1, 0.15) is 23.8 Å². The van der Waals surface area contributed by atoms with E-state index in [0.717, 1.165) is 30.8 Å². The average Bonchev–Trinajstić information content (AvgIpc) is 3.77. The molecule has 0 bridgehead atoms. The Labute approximate surface area is 269 Å². The van der Waals surface area contributed by atoms with E-state index in [1.807, 2.05) is 37.7 Å². The number of aromatic amines is 1. The summed E-state index contributed by atoms with van der Waals surface area (Å²) in [6.07, 6.45) is 18.5. The highest BCUT2D eigenvalue weighted by Crippen LogP contribution is 2.42. The van der Waals surface area contributed by atoms with E-state index >= 15 is 0 Å². The van der Waals surface area contributed by atoms with Crippen molar-refractivity contribution >= 4 is 5.97 Å². The van der Waals surface area contributed by atoms with Gasteiger partial charge in [0.15, 0.2) is 0 Å². The minimum absolute atomic E-state index is 0.145. The van der Waals surface area contributed by atoms with Crippen molar-refractivity contribution in [2.75, 3.05) is 26.2 Å². The first-order chi connectivity index (χ1) is 21.7. The Morgan fingerprint density at radius 1 is 0.956 bits per heavy atom. The predicted octanol–water partition coefficient (Wildman–Crippen LogP) is 5.77. The van der Waals surface area contributed by atoms with Gasteiger partial charge in [-0.05, 0) is 89.1 Å². The number of nitrogens with one attached hydrogen (secondary N) is 1. The zero-order valence-electron chi connectivity index (χ0n) is 27.7. The molecular weight excluding hydrogens is 562 g/mol. The van der Waals surface area contributed by atoms with Gasteiger partial charge in [0, 0.05) is 50.5 Å². The summed E-state index contributed by atoms with van der Waals surface area (Å²) in [7, 11) is 0. The van der Waals surface area contributed by atoms with Gasteiger partial charge in [0.25, 0.3) is 0 Å². The Bertz CT molecular complexity index is 1350. The highest BCUT2D eigenvalue weighted by Gasteiger charge is 2.41. The molecular formula is C36H53N7O2. The third kappa shape index (κ3) is 8.83. The van der Waals surface area contributed by atoms with Crippen molar-refractivity contribution in [3.8, 4) is 0 Å². The lowest BCUT2D eigenvalue weighted by atomic mass is 9.77. The van der Waals surface area contributed by atoms with Crippen molar-refractivity contribution in [3.63, 3.8) is 0 Å². The first kappa shape index (κ1) is 32.0. The van der Waals surface area contributed by atoms with E-state index in [9.17, 15) is 4.79 Å². The van der Waals surface area contributed by atoms with Crippen LogP contribution in [0.25, 0.3) is 0 Å². The van der Waals surface area contributed by atoms with Crippen LogP contribution in [0.1, 0.15) is 94.9 Å². The number of carbonyl (C=O) groups excluding carboxylic acids is 1. The van der Waals surface area contributed by atoms with Crippen molar-refractivity contribution < 1.29 is 9.53 Å². The number of hydrogen-bond acceptors (Lipinski definition) is 7. The van der Waals surface area contributed by atoms with Crippen molar-refractivity contribution in [3.05, 3.63) is 71.8 Å². The van der Waals surface area contributed by atoms with Crippen molar-refractivity contribution in [1.29, 1.82) is 0 Å². The SMILES string of the molecule is CC(C)(C)OC(=O)Cn1ccnc1CN(Cc1ccc(CN2CCC3(CCN(C4CCCCC4)CC3)C2)cc1)Cc1ncc[nH]1. The standard InChI is InChI=1S/C36H53N7O2/c1-35(2,3)45-34(44)27-43-22-18-39-33(43)26-41(25-32-37-16-17-38-32)24-30-11-9-29(10-12-30)23-40-19-13-36(28-40)14-20-42(21-15-36)31-7-5-4-6-8-31/h9-12,16-18,22,31H,4-8,13-15,19-21,23-28H2,1-3H3,(H,37,38). The van der Waals surface area contributed by atoms with Crippen LogP contribution in [0.2, 0.25) is 0 Å². The maximum absolute atomic E-state index is 12.5. The van der Waals surface area contributed by atoms with Crippen molar-refractivity contribution in [2.24, 2.45) is 5.41 Å². The molecule has 9 nitrogen and oxygen atoms in total. The number of ether oxygens (including phenoxy) is 1. The molecule has 2 saturated heterocycles. The maximum atomic E-state index is 12.5. The highest BCUT2D eigenvalue weighted by molar-refractivity contribution is 5.69. The summed E-state index contributed by atoms with van der Waals surface area (Å²) in [5, 5.41) is 0. The van der Waals surface area contributed by atoms with Gasteiger partial charge < -0.3 is 19.2 Å². The Morgan fingerprint density at radius 2 is 1.69 bits per heavy atom. The van der Waals surface area contributed by atoms with Crippen LogP contribution >= 0.6 is 0 Å². The lowest BCUT2D eigenvalue weighted by molar-refractivity contribution is -0.155. The number of H-pyrrole nitrogens is 1. The largest absolute Gasteiger partial charge is 0.459 e. The van der Waals surface area contributed by atoms with E-state index in [1.54, 1.807) is 12.4 Å². The van der Waals surface area contributed by atoms with Gasteiger partial charge >= 0.3 is 5.97 Å². The second kappa shape index (κ2) is 14.2. The molecule has 3 aromatic rings. The molecule has 2 aromatic heterocycles. The summed E-state index contributed by atoms with van der Waals surface area (Å²) in [6, 6.07) is 10.0. The highest BCUT2D eigenvalue weighted by atomic mass is 16.6. The van der Waals surface area contributed by atoms with Gasteiger partial charge in [-0.3, -0.25) is 14.6 Å².